The average molecular weight is 591 g/mol. The molecule has 0 radical (unpaired) electrons. The zero-order chi connectivity index (χ0) is 23.5. The summed E-state index contributed by atoms with van der Waals surface area (Å²) in [5, 5.41) is 2.00. The maximum Gasteiger partial charge on any atom is 0.343 e. The minimum absolute atomic E-state index is 0.179. The van der Waals surface area contributed by atoms with Gasteiger partial charge in [0.15, 0.2) is 22.4 Å². The molecule has 1 fully saturated rings. The maximum atomic E-state index is 13.3. The average Bonchev–Trinajstić information content (AvgIpc) is 3.09. The second-order valence-corrected chi connectivity index (χ2v) is 9.75. The Balaban J connectivity index is 1.66. The minimum Gasteiger partial charge on any atom is -0.493 e. The van der Waals surface area contributed by atoms with Crippen LogP contribution >= 0.6 is 46.6 Å². The first-order valence-electron chi connectivity index (χ1n) is 9.75. The first-order chi connectivity index (χ1) is 15.9. The van der Waals surface area contributed by atoms with Crippen LogP contribution in [0.15, 0.2) is 59.5 Å². The predicted molar refractivity (Wildman–Crippen MR) is 143 cm³/mol. The van der Waals surface area contributed by atoms with Crippen LogP contribution in [-0.4, -0.2) is 37.0 Å². The Kier molecular flexibility index (Phi) is 7.20. The number of fused-ring (bicyclic) bond motifs is 1. The molecular weight excluding hydrogens is 573 g/mol. The van der Waals surface area contributed by atoms with Crippen molar-refractivity contribution in [1.29, 1.82) is 0 Å². The fourth-order valence-corrected chi connectivity index (χ4v) is 5.45. The highest BCUT2D eigenvalue weighted by Gasteiger charge is 2.34. The molecule has 1 saturated heterocycles. The molecule has 1 aliphatic rings. The summed E-state index contributed by atoms with van der Waals surface area (Å²) in [4.78, 5) is 26.8. The van der Waals surface area contributed by atoms with Crippen molar-refractivity contribution in [2.45, 2.75) is 0 Å². The number of anilines is 1. The normalized spacial score (nSPS) is 14.8. The monoisotopic (exact) mass is 591 g/mol. The highest BCUT2D eigenvalue weighted by atomic mass is 127. The van der Waals surface area contributed by atoms with Crippen molar-refractivity contribution in [2.75, 3.05) is 25.7 Å². The van der Waals surface area contributed by atoms with E-state index in [4.69, 9.17) is 21.7 Å². The fraction of sp³-hybridized carbons (Fsp3) is 0.125. The molecule has 0 unspecified atom stereocenters. The fourth-order valence-electron chi connectivity index (χ4n) is 3.38. The number of benzene rings is 3. The predicted octanol–water partition coefficient (Wildman–Crippen LogP) is 5.41. The van der Waals surface area contributed by atoms with Crippen LogP contribution in [0.5, 0.6) is 11.5 Å². The molecular formula is C24H18INO5S2. The molecule has 3 aromatic carbocycles. The smallest absolute Gasteiger partial charge is 0.343 e. The molecule has 6 nitrogen and oxygen atoms in total. The first-order valence-corrected chi connectivity index (χ1v) is 12.1. The van der Waals surface area contributed by atoms with E-state index in [1.807, 2.05) is 48.5 Å². The summed E-state index contributed by atoms with van der Waals surface area (Å²) in [5.41, 5.74) is 1.51. The number of hydrogen-bond donors (Lipinski definition) is 0. The van der Waals surface area contributed by atoms with E-state index in [-0.39, 0.29) is 12.5 Å². The van der Waals surface area contributed by atoms with Crippen molar-refractivity contribution in [3.8, 4) is 11.5 Å². The lowest BCUT2D eigenvalue weighted by atomic mass is 10.1. The largest absolute Gasteiger partial charge is 0.493 e. The van der Waals surface area contributed by atoms with E-state index in [9.17, 15) is 9.59 Å². The molecule has 9 heteroatoms. The van der Waals surface area contributed by atoms with E-state index >= 15 is 0 Å². The third-order valence-corrected chi connectivity index (χ3v) is 7.02. The van der Waals surface area contributed by atoms with Crippen molar-refractivity contribution in [2.24, 2.45) is 0 Å². The number of ether oxygens (including phenoxy) is 3. The molecule has 4 rings (SSSR count). The van der Waals surface area contributed by atoms with Crippen molar-refractivity contribution in [3.05, 3.63) is 68.6 Å². The number of amides is 1. The summed E-state index contributed by atoms with van der Waals surface area (Å²) in [7, 11) is 2.81. The number of methoxy groups -OCH3 is 2. The van der Waals surface area contributed by atoms with Crippen LogP contribution in [0, 0.1) is 3.57 Å². The van der Waals surface area contributed by atoms with Gasteiger partial charge in [0.05, 0.1) is 28.4 Å². The Bertz CT molecular complexity index is 1300. The number of thiocarbonyl (C=S) groups is 1. The number of thioether (sulfide) groups is 1. The van der Waals surface area contributed by atoms with Gasteiger partial charge in [-0.25, -0.2) is 4.79 Å². The Morgan fingerprint density at radius 2 is 1.91 bits per heavy atom. The van der Waals surface area contributed by atoms with E-state index in [0.717, 1.165) is 25.6 Å². The minimum atomic E-state index is -0.492. The Morgan fingerprint density at radius 1 is 1.15 bits per heavy atom. The van der Waals surface area contributed by atoms with Crippen LogP contribution in [0.3, 0.4) is 0 Å². The van der Waals surface area contributed by atoms with Gasteiger partial charge < -0.3 is 14.2 Å². The highest BCUT2D eigenvalue weighted by Crippen LogP contribution is 2.40. The van der Waals surface area contributed by atoms with E-state index < -0.39 is 5.97 Å². The number of carbonyl (C=O) groups is 2. The molecule has 1 amide bonds. The van der Waals surface area contributed by atoms with Gasteiger partial charge in [0.25, 0.3) is 5.91 Å². The number of nitrogens with zero attached hydrogens (tertiary/aromatic N) is 1. The van der Waals surface area contributed by atoms with E-state index in [1.165, 1.54) is 26.0 Å². The van der Waals surface area contributed by atoms with E-state index in [0.29, 0.717) is 20.7 Å². The Hall–Kier alpha value is -2.63. The third-order valence-electron chi connectivity index (χ3n) is 4.91. The van der Waals surface area contributed by atoms with Gasteiger partial charge in [0.1, 0.15) is 0 Å². The molecule has 1 aliphatic heterocycles. The lowest BCUT2D eigenvalue weighted by Gasteiger charge is -2.17. The van der Waals surface area contributed by atoms with Crippen molar-refractivity contribution in [3.63, 3.8) is 0 Å². The lowest BCUT2D eigenvalue weighted by Crippen LogP contribution is -2.27. The van der Waals surface area contributed by atoms with Crippen molar-refractivity contribution >= 4 is 85.3 Å². The zero-order valence-corrected chi connectivity index (χ0v) is 21.5. The highest BCUT2D eigenvalue weighted by molar-refractivity contribution is 14.1. The van der Waals surface area contributed by atoms with Gasteiger partial charge >= 0.3 is 5.97 Å². The summed E-state index contributed by atoms with van der Waals surface area (Å²) in [5.74, 6) is 0.209. The van der Waals surface area contributed by atoms with Gasteiger partial charge in [-0.2, -0.15) is 0 Å². The second kappa shape index (κ2) is 10.1. The maximum absolute atomic E-state index is 13.3. The van der Waals surface area contributed by atoms with Gasteiger partial charge in [0.2, 0.25) is 0 Å². The van der Waals surface area contributed by atoms with Gasteiger partial charge in [-0.05, 0) is 57.8 Å². The number of esters is 1. The lowest BCUT2D eigenvalue weighted by molar-refractivity contribution is -0.142. The van der Waals surface area contributed by atoms with Crippen LogP contribution in [0.4, 0.5) is 5.69 Å². The topological polar surface area (TPSA) is 65.1 Å². The summed E-state index contributed by atoms with van der Waals surface area (Å²) < 4.78 is 16.8. The summed E-state index contributed by atoms with van der Waals surface area (Å²) >= 11 is 8.91. The van der Waals surface area contributed by atoms with Gasteiger partial charge in [0, 0.05) is 5.39 Å². The molecule has 168 valence electrons. The SMILES string of the molecule is COC(=O)COc1c(I)cc(/C=C2/SC(=S)N(c3cccc4ccccc34)C2=O)cc1OC. The van der Waals surface area contributed by atoms with Crippen LogP contribution in [0.1, 0.15) is 5.56 Å². The molecule has 1 heterocycles. The standard InChI is InChI=1S/C24H18INO5S2/c1-29-19-11-14(10-17(25)22(19)31-13-21(27)30-2)12-20-23(28)26(24(32)33-20)18-9-5-7-15-6-3-4-8-16(15)18/h3-12H,13H2,1-2H3/b20-12+. The van der Waals surface area contributed by atoms with Gasteiger partial charge in [-0.3, -0.25) is 9.69 Å². The van der Waals surface area contributed by atoms with E-state index in [1.54, 1.807) is 17.0 Å². The summed E-state index contributed by atoms with van der Waals surface area (Å²) in [6.07, 6.45) is 1.78. The molecule has 0 N–H and O–H groups in total. The third kappa shape index (κ3) is 4.85. The van der Waals surface area contributed by atoms with Crippen LogP contribution in [0.2, 0.25) is 0 Å². The molecule has 0 spiro atoms. The second-order valence-electron chi connectivity index (χ2n) is 6.91. The molecule has 0 bridgehead atoms. The van der Waals surface area contributed by atoms with Crippen molar-refractivity contribution < 1.29 is 23.8 Å². The number of carbonyl (C=O) groups excluding carboxylic acids is 2. The number of hydrogen-bond acceptors (Lipinski definition) is 7. The van der Waals surface area contributed by atoms with Crippen LogP contribution in [-0.2, 0) is 14.3 Å². The molecule has 0 atom stereocenters. The zero-order valence-electron chi connectivity index (χ0n) is 17.7. The first kappa shape index (κ1) is 23.5. The molecule has 0 aromatic heterocycles. The Morgan fingerprint density at radius 3 is 2.67 bits per heavy atom. The van der Waals surface area contributed by atoms with Crippen molar-refractivity contribution in [1.82, 2.24) is 0 Å². The van der Waals surface area contributed by atoms with Crippen LogP contribution < -0.4 is 14.4 Å². The number of halogens is 1. The van der Waals surface area contributed by atoms with Gasteiger partial charge in [-0.15, -0.1) is 0 Å². The quantitative estimate of drug-likeness (QED) is 0.165. The Labute approximate surface area is 214 Å². The number of rotatable bonds is 6. The molecule has 33 heavy (non-hydrogen) atoms. The van der Waals surface area contributed by atoms with Gasteiger partial charge in [-0.1, -0.05) is 60.4 Å². The molecule has 0 saturated carbocycles. The summed E-state index contributed by atoms with van der Waals surface area (Å²) in [6, 6.07) is 17.3. The molecule has 0 aliphatic carbocycles. The summed E-state index contributed by atoms with van der Waals surface area (Å²) in [6.45, 7) is -0.230. The van der Waals surface area contributed by atoms with E-state index in [2.05, 4.69) is 27.3 Å². The molecule has 3 aromatic rings. The van der Waals surface area contributed by atoms with Crippen LogP contribution in [0.25, 0.3) is 16.8 Å².